The van der Waals surface area contributed by atoms with E-state index in [1.807, 2.05) is 6.07 Å². The first-order valence-corrected chi connectivity index (χ1v) is 8.02. The number of hydrogen-bond acceptors (Lipinski definition) is 3. The molecular formula is C16H26N2OS. The number of methoxy groups -OCH3 is 1. The van der Waals surface area contributed by atoms with E-state index in [0.717, 1.165) is 31.0 Å². The summed E-state index contributed by atoms with van der Waals surface area (Å²) in [6, 6.07) is 1.98. The Balaban J connectivity index is 2.34. The van der Waals surface area contributed by atoms with Gasteiger partial charge in [-0.2, -0.15) is 0 Å². The van der Waals surface area contributed by atoms with Gasteiger partial charge in [0, 0.05) is 12.8 Å². The molecule has 0 spiro atoms. The highest BCUT2D eigenvalue weighted by atomic mass is 32.1. The van der Waals surface area contributed by atoms with Gasteiger partial charge in [-0.25, -0.2) is 4.98 Å². The molecule has 1 aromatic heterocycles. The van der Waals surface area contributed by atoms with Gasteiger partial charge in [-0.3, -0.25) is 0 Å². The lowest BCUT2D eigenvalue weighted by Gasteiger charge is -2.37. The molecule has 0 aromatic carbocycles. The minimum atomic E-state index is -0.271. The number of ether oxygens (including phenoxy) is 1. The molecule has 0 atom stereocenters. The van der Waals surface area contributed by atoms with Crippen LogP contribution in [0.3, 0.4) is 0 Å². The maximum atomic E-state index is 5.89. The Kier molecular flexibility index (Phi) is 4.97. The van der Waals surface area contributed by atoms with Gasteiger partial charge in [0.05, 0.1) is 0 Å². The van der Waals surface area contributed by atoms with E-state index in [1.54, 1.807) is 7.11 Å². The van der Waals surface area contributed by atoms with Gasteiger partial charge in [-0.05, 0) is 50.0 Å². The third-order valence-electron chi connectivity index (χ3n) is 4.33. The summed E-state index contributed by atoms with van der Waals surface area (Å²) in [5, 5.41) is 0. The highest BCUT2D eigenvalue weighted by molar-refractivity contribution is 7.71. The summed E-state index contributed by atoms with van der Waals surface area (Å²) >= 11 is 5.34. The molecule has 1 heterocycles. The van der Waals surface area contributed by atoms with Gasteiger partial charge in [0.15, 0.2) is 0 Å². The van der Waals surface area contributed by atoms with Crippen molar-refractivity contribution >= 4 is 12.2 Å². The normalized spacial score (nSPS) is 26.9. The lowest BCUT2D eigenvalue weighted by atomic mass is 9.79. The zero-order valence-electron chi connectivity index (χ0n) is 13.0. The average molecular weight is 294 g/mol. The van der Waals surface area contributed by atoms with Crippen LogP contribution < -0.4 is 0 Å². The smallest absolute Gasteiger partial charge is 0.140 e. The molecule has 0 unspecified atom stereocenters. The molecule has 1 aliphatic rings. The van der Waals surface area contributed by atoms with E-state index < -0.39 is 0 Å². The molecule has 0 saturated heterocycles. The summed E-state index contributed by atoms with van der Waals surface area (Å²) in [5.41, 5.74) is 0.901. The van der Waals surface area contributed by atoms with Crippen LogP contribution in [0.25, 0.3) is 0 Å². The number of H-pyrrole nitrogens is 1. The van der Waals surface area contributed by atoms with Gasteiger partial charge in [0.25, 0.3) is 0 Å². The van der Waals surface area contributed by atoms with Crippen molar-refractivity contribution < 1.29 is 4.74 Å². The van der Waals surface area contributed by atoms with Crippen LogP contribution in [0, 0.1) is 16.5 Å². The predicted molar refractivity (Wildman–Crippen MR) is 84.3 cm³/mol. The minimum Gasteiger partial charge on any atom is -0.370 e. The standard InChI is InChI=1S/C16H26N2OS/c1-11(2)9-13-10-14(20)18-15(17-13)16(19-4)7-5-12(3)6-8-16/h10-12H,5-9H2,1-4H3,(H,17,18,20). The monoisotopic (exact) mass is 294 g/mol. The van der Waals surface area contributed by atoms with E-state index in [2.05, 4.69) is 30.7 Å². The Hall–Kier alpha value is -0.740. The summed E-state index contributed by atoms with van der Waals surface area (Å²) in [6.07, 6.45) is 5.41. The quantitative estimate of drug-likeness (QED) is 0.837. The molecule has 1 fully saturated rings. The van der Waals surface area contributed by atoms with Gasteiger partial charge in [-0.15, -0.1) is 0 Å². The summed E-state index contributed by atoms with van der Waals surface area (Å²) in [5.74, 6) is 2.30. The zero-order chi connectivity index (χ0) is 14.8. The van der Waals surface area contributed by atoms with Crippen LogP contribution in [0.4, 0.5) is 0 Å². The van der Waals surface area contributed by atoms with E-state index in [0.29, 0.717) is 10.6 Å². The fourth-order valence-electron chi connectivity index (χ4n) is 3.04. The van der Waals surface area contributed by atoms with Gasteiger partial charge in [0.2, 0.25) is 0 Å². The second-order valence-electron chi connectivity index (χ2n) is 6.57. The van der Waals surface area contributed by atoms with Crippen LogP contribution in [0.5, 0.6) is 0 Å². The summed E-state index contributed by atoms with van der Waals surface area (Å²) in [7, 11) is 1.80. The molecule has 4 heteroatoms. The average Bonchev–Trinajstić information content (AvgIpc) is 2.38. The van der Waals surface area contributed by atoms with Gasteiger partial charge in [-0.1, -0.05) is 33.0 Å². The minimum absolute atomic E-state index is 0.271. The van der Waals surface area contributed by atoms with E-state index in [4.69, 9.17) is 17.0 Å². The molecule has 0 amide bonds. The van der Waals surface area contributed by atoms with Crippen molar-refractivity contribution in [3.63, 3.8) is 0 Å². The lowest BCUT2D eigenvalue weighted by Crippen LogP contribution is -2.35. The van der Waals surface area contributed by atoms with E-state index in [9.17, 15) is 0 Å². The van der Waals surface area contributed by atoms with Crippen molar-refractivity contribution in [3.8, 4) is 0 Å². The van der Waals surface area contributed by atoms with Crippen molar-refractivity contribution in [1.82, 2.24) is 9.97 Å². The largest absolute Gasteiger partial charge is 0.370 e. The van der Waals surface area contributed by atoms with Crippen molar-refractivity contribution in [2.24, 2.45) is 11.8 Å². The second-order valence-corrected chi connectivity index (χ2v) is 6.99. The third kappa shape index (κ3) is 3.47. The topological polar surface area (TPSA) is 37.9 Å². The molecule has 1 N–H and O–H groups in total. The molecule has 0 bridgehead atoms. The predicted octanol–water partition coefficient (Wildman–Crippen LogP) is 4.39. The Labute approximate surface area is 127 Å². The molecule has 0 aliphatic heterocycles. The summed E-state index contributed by atoms with van der Waals surface area (Å²) in [6.45, 7) is 6.74. The van der Waals surface area contributed by atoms with Crippen LogP contribution in [0.1, 0.15) is 58.0 Å². The van der Waals surface area contributed by atoms with Crippen molar-refractivity contribution in [2.75, 3.05) is 7.11 Å². The molecule has 0 radical (unpaired) electrons. The number of aromatic nitrogens is 2. The fraction of sp³-hybridized carbons (Fsp3) is 0.750. The number of nitrogens with one attached hydrogen (secondary N) is 1. The first-order valence-electron chi connectivity index (χ1n) is 7.61. The maximum absolute atomic E-state index is 5.89. The van der Waals surface area contributed by atoms with Crippen LogP contribution >= 0.6 is 12.2 Å². The van der Waals surface area contributed by atoms with Crippen LogP contribution in [0.2, 0.25) is 0 Å². The Morgan fingerprint density at radius 3 is 2.65 bits per heavy atom. The van der Waals surface area contributed by atoms with Crippen LogP contribution in [-0.4, -0.2) is 17.1 Å². The maximum Gasteiger partial charge on any atom is 0.140 e. The molecule has 1 aliphatic carbocycles. The fourth-order valence-corrected chi connectivity index (χ4v) is 3.27. The van der Waals surface area contributed by atoms with Gasteiger partial charge >= 0.3 is 0 Å². The van der Waals surface area contributed by atoms with E-state index >= 15 is 0 Å². The molecule has 1 saturated carbocycles. The number of nitrogens with zero attached hydrogens (tertiary/aromatic N) is 1. The summed E-state index contributed by atoms with van der Waals surface area (Å²) in [4.78, 5) is 8.06. The van der Waals surface area contributed by atoms with E-state index in [1.165, 1.54) is 18.5 Å². The van der Waals surface area contributed by atoms with Crippen molar-refractivity contribution in [1.29, 1.82) is 0 Å². The Morgan fingerprint density at radius 1 is 1.45 bits per heavy atom. The summed E-state index contributed by atoms with van der Waals surface area (Å²) < 4.78 is 6.56. The third-order valence-corrected chi connectivity index (χ3v) is 4.54. The molecule has 2 rings (SSSR count). The molecular weight excluding hydrogens is 268 g/mol. The second kappa shape index (κ2) is 6.35. The molecule has 3 nitrogen and oxygen atoms in total. The first kappa shape index (κ1) is 15.6. The number of rotatable bonds is 4. The van der Waals surface area contributed by atoms with Gasteiger partial charge in [0.1, 0.15) is 16.1 Å². The number of hydrogen-bond donors (Lipinski definition) is 1. The van der Waals surface area contributed by atoms with Gasteiger partial charge < -0.3 is 9.72 Å². The van der Waals surface area contributed by atoms with Crippen LogP contribution in [0.15, 0.2) is 6.07 Å². The van der Waals surface area contributed by atoms with E-state index in [-0.39, 0.29) is 5.60 Å². The van der Waals surface area contributed by atoms with Crippen molar-refractivity contribution in [3.05, 3.63) is 22.2 Å². The molecule has 112 valence electrons. The Bertz CT molecular complexity index is 501. The highest BCUT2D eigenvalue weighted by Gasteiger charge is 2.38. The zero-order valence-corrected chi connectivity index (χ0v) is 13.8. The van der Waals surface area contributed by atoms with Crippen LogP contribution in [-0.2, 0) is 16.8 Å². The van der Waals surface area contributed by atoms with Crippen molar-refractivity contribution in [2.45, 2.75) is 58.5 Å². The number of aromatic amines is 1. The lowest BCUT2D eigenvalue weighted by molar-refractivity contribution is -0.0599. The highest BCUT2D eigenvalue weighted by Crippen LogP contribution is 2.40. The Morgan fingerprint density at radius 2 is 2.10 bits per heavy atom. The molecule has 1 aromatic rings. The molecule has 20 heavy (non-hydrogen) atoms. The SMILES string of the molecule is COC1(c2nc(=S)cc(CC(C)C)[nH]2)CCC(C)CC1. The first-order chi connectivity index (χ1) is 9.45.